The number of hydrogen-bond acceptors (Lipinski definition) is 6. The zero-order valence-electron chi connectivity index (χ0n) is 23.0. The minimum absolute atomic E-state index is 0.0282. The first-order valence-electron chi connectivity index (χ1n) is 13.1. The fourth-order valence-corrected chi connectivity index (χ4v) is 6.48. The van der Waals surface area contributed by atoms with Crippen molar-refractivity contribution in [3.05, 3.63) is 72.8 Å². The van der Waals surface area contributed by atoms with Crippen molar-refractivity contribution >= 4 is 37.9 Å². The molecule has 1 amide bonds. The highest BCUT2D eigenvalue weighted by Gasteiger charge is 2.42. The molecule has 0 radical (unpaired) electrons. The van der Waals surface area contributed by atoms with Crippen LogP contribution in [0.2, 0.25) is 0 Å². The predicted molar refractivity (Wildman–Crippen MR) is 150 cm³/mol. The predicted octanol–water partition coefficient (Wildman–Crippen LogP) is 5.19. The molecule has 2 heterocycles. The number of aliphatic hydroxyl groups is 1. The number of rotatable bonds is 5. The van der Waals surface area contributed by atoms with E-state index in [2.05, 4.69) is 9.46 Å². The number of aliphatic hydroxyl groups excluding tert-OH is 1. The number of alkyl halides is 3. The SMILES string of the molecule is CC(C)(C)OC(=O)N1CC(n2c3ccccc3c3ccccc32)[C@@H](O)[C@H](NS(=O)(=O)c2ccc(OC(F)(F)F)cc2)C1. The molecule has 1 aromatic heterocycles. The number of hydrogen-bond donors (Lipinski definition) is 2. The van der Waals surface area contributed by atoms with Gasteiger partial charge in [-0.25, -0.2) is 17.9 Å². The maximum Gasteiger partial charge on any atom is 0.573 e. The second-order valence-corrected chi connectivity index (χ2v) is 12.8. The van der Waals surface area contributed by atoms with Gasteiger partial charge in [-0.15, -0.1) is 13.2 Å². The molecule has 2 N–H and O–H groups in total. The van der Waals surface area contributed by atoms with Gasteiger partial charge in [0, 0.05) is 34.9 Å². The molecule has 5 rings (SSSR count). The van der Waals surface area contributed by atoms with Gasteiger partial charge in [0.1, 0.15) is 11.4 Å². The van der Waals surface area contributed by atoms with Gasteiger partial charge in [0.2, 0.25) is 10.0 Å². The summed E-state index contributed by atoms with van der Waals surface area (Å²) in [5, 5.41) is 13.5. The first kappa shape index (κ1) is 29.7. The van der Waals surface area contributed by atoms with Crippen LogP contribution in [0.4, 0.5) is 18.0 Å². The van der Waals surface area contributed by atoms with Crippen LogP contribution >= 0.6 is 0 Å². The number of likely N-dealkylation sites (tertiary alicyclic amines) is 1. The Kier molecular flexibility index (Phi) is 7.62. The van der Waals surface area contributed by atoms with Crippen LogP contribution in [0, 0.1) is 0 Å². The van der Waals surface area contributed by atoms with E-state index >= 15 is 0 Å². The van der Waals surface area contributed by atoms with Crippen molar-refractivity contribution < 1.29 is 41.0 Å². The largest absolute Gasteiger partial charge is 0.573 e. The highest BCUT2D eigenvalue weighted by molar-refractivity contribution is 7.89. The minimum Gasteiger partial charge on any atom is -0.444 e. The lowest BCUT2D eigenvalue weighted by molar-refractivity contribution is -0.274. The third-order valence-electron chi connectivity index (χ3n) is 6.91. The van der Waals surface area contributed by atoms with Gasteiger partial charge < -0.3 is 24.0 Å². The van der Waals surface area contributed by atoms with Gasteiger partial charge in [0.05, 0.1) is 23.1 Å². The summed E-state index contributed by atoms with van der Waals surface area (Å²) in [7, 11) is -4.35. The van der Waals surface area contributed by atoms with E-state index in [0.717, 1.165) is 46.1 Å². The summed E-state index contributed by atoms with van der Waals surface area (Å²) < 4.78 is 78.1. The molecule has 0 saturated carbocycles. The molecule has 1 saturated heterocycles. The van der Waals surface area contributed by atoms with Crippen LogP contribution in [0.3, 0.4) is 0 Å². The molecule has 9 nitrogen and oxygen atoms in total. The summed E-state index contributed by atoms with van der Waals surface area (Å²) in [5.41, 5.74) is 0.747. The van der Waals surface area contributed by atoms with E-state index in [1.54, 1.807) is 20.8 Å². The van der Waals surface area contributed by atoms with Crippen LogP contribution in [0.15, 0.2) is 77.7 Å². The normalized spacial score (nSPS) is 20.2. The second kappa shape index (κ2) is 10.8. The number of amides is 1. The number of aromatic nitrogens is 1. The van der Waals surface area contributed by atoms with Crippen molar-refractivity contribution in [1.29, 1.82) is 0 Å². The Morgan fingerprint density at radius 3 is 1.98 bits per heavy atom. The van der Waals surface area contributed by atoms with Gasteiger partial charge in [0.25, 0.3) is 0 Å². The highest BCUT2D eigenvalue weighted by atomic mass is 32.2. The van der Waals surface area contributed by atoms with E-state index in [9.17, 15) is 31.5 Å². The summed E-state index contributed by atoms with van der Waals surface area (Å²) in [6.45, 7) is 4.94. The smallest absolute Gasteiger partial charge is 0.444 e. The number of para-hydroxylation sites is 2. The molecule has 13 heteroatoms. The second-order valence-electron chi connectivity index (χ2n) is 11.1. The Bertz CT molecular complexity index is 1660. The fourth-order valence-electron chi connectivity index (χ4n) is 5.24. The molecule has 1 fully saturated rings. The number of carbonyl (C=O) groups excluding carboxylic acids is 1. The molecule has 3 aromatic carbocycles. The Morgan fingerprint density at radius 1 is 0.905 bits per heavy atom. The average molecular weight is 606 g/mol. The molecular weight excluding hydrogens is 575 g/mol. The van der Waals surface area contributed by atoms with Crippen LogP contribution in [-0.2, 0) is 14.8 Å². The third-order valence-corrected chi connectivity index (χ3v) is 8.41. The van der Waals surface area contributed by atoms with E-state index in [4.69, 9.17) is 4.74 Å². The van der Waals surface area contributed by atoms with E-state index in [1.807, 2.05) is 53.1 Å². The van der Waals surface area contributed by atoms with Gasteiger partial charge in [-0.1, -0.05) is 36.4 Å². The number of nitrogens with one attached hydrogen (secondary N) is 1. The summed E-state index contributed by atoms with van der Waals surface area (Å²) in [6.07, 6.45) is -6.92. The van der Waals surface area contributed by atoms with Crippen LogP contribution in [0.5, 0.6) is 5.75 Å². The highest BCUT2D eigenvalue weighted by Crippen LogP contribution is 2.36. The van der Waals surface area contributed by atoms with Crippen molar-refractivity contribution in [2.24, 2.45) is 0 Å². The van der Waals surface area contributed by atoms with E-state index in [-0.39, 0.29) is 18.0 Å². The molecule has 1 aliphatic rings. The Labute approximate surface area is 240 Å². The van der Waals surface area contributed by atoms with Gasteiger partial charge in [-0.05, 0) is 57.2 Å². The van der Waals surface area contributed by atoms with Gasteiger partial charge in [0.15, 0.2) is 0 Å². The minimum atomic E-state index is -4.93. The summed E-state index contributed by atoms with van der Waals surface area (Å²) >= 11 is 0. The molecule has 3 atom stereocenters. The Hall–Kier alpha value is -3.81. The monoisotopic (exact) mass is 605 g/mol. The summed E-state index contributed by atoms with van der Waals surface area (Å²) in [4.78, 5) is 14.2. The number of sulfonamides is 1. The number of carbonyl (C=O) groups is 1. The average Bonchev–Trinajstić information content (AvgIpc) is 3.22. The summed E-state index contributed by atoms with van der Waals surface area (Å²) in [5.74, 6) is -0.582. The maximum atomic E-state index is 13.3. The van der Waals surface area contributed by atoms with Crippen LogP contribution in [0.1, 0.15) is 26.8 Å². The zero-order chi connectivity index (χ0) is 30.4. The van der Waals surface area contributed by atoms with Crippen molar-refractivity contribution in [2.75, 3.05) is 13.1 Å². The number of fused-ring (bicyclic) bond motifs is 3. The fraction of sp³-hybridized carbons (Fsp3) is 0.345. The van der Waals surface area contributed by atoms with E-state index in [0.29, 0.717) is 0 Å². The molecule has 1 unspecified atom stereocenters. The molecule has 1 aliphatic heterocycles. The van der Waals surface area contributed by atoms with Crippen molar-refractivity contribution in [3.8, 4) is 5.75 Å². The van der Waals surface area contributed by atoms with Gasteiger partial charge in [-0.3, -0.25) is 0 Å². The lowest BCUT2D eigenvalue weighted by Crippen LogP contribution is -2.60. The molecule has 42 heavy (non-hydrogen) atoms. The molecule has 4 aromatic rings. The van der Waals surface area contributed by atoms with Gasteiger partial charge >= 0.3 is 12.5 Å². The van der Waals surface area contributed by atoms with E-state index in [1.165, 1.54) is 4.90 Å². The molecule has 0 spiro atoms. The number of halogens is 3. The number of ether oxygens (including phenoxy) is 2. The number of piperidine rings is 1. The topological polar surface area (TPSA) is 110 Å². The summed E-state index contributed by atoms with van der Waals surface area (Å²) in [6, 6.07) is 16.9. The standard InChI is InChI=1S/C29H30F3N3O6S/c1-28(2,3)41-27(37)34-16-22(33-42(38,39)19-14-12-18(13-15-19)40-29(30,31)32)26(36)25(17-34)35-23-10-6-4-8-20(23)21-9-5-7-11-24(21)35/h4-15,22,25-26,33,36H,16-17H2,1-3H3/t22-,25?,26+/m1/s1. The number of nitrogens with zero attached hydrogens (tertiary/aromatic N) is 2. The third kappa shape index (κ3) is 6.18. The lowest BCUT2D eigenvalue weighted by Gasteiger charge is -2.42. The molecular formula is C29H30F3N3O6S. The number of benzene rings is 3. The first-order chi connectivity index (χ1) is 19.6. The van der Waals surface area contributed by atoms with Crippen LogP contribution < -0.4 is 9.46 Å². The Balaban J connectivity index is 1.52. The van der Waals surface area contributed by atoms with Crippen molar-refractivity contribution in [2.45, 2.75) is 55.8 Å². The molecule has 224 valence electrons. The zero-order valence-corrected chi connectivity index (χ0v) is 23.8. The maximum absolute atomic E-state index is 13.3. The van der Waals surface area contributed by atoms with E-state index < -0.39 is 52.0 Å². The quantitative estimate of drug-likeness (QED) is 0.324. The van der Waals surface area contributed by atoms with Crippen LogP contribution in [-0.4, -0.2) is 66.3 Å². The molecule has 0 bridgehead atoms. The van der Waals surface area contributed by atoms with Crippen molar-refractivity contribution in [3.63, 3.8) is 0 Å². The van der Waals surface area contributed by atoms with Gasteiger partial charge in [-0.2, -0.15) is 0 Å². The Morgan fingerprint density at radius 2 is 1.45 bits per heavy atom. The lowest BCUT2D eigenvalue weighted by atomic mass is 9.97. The molecule has 0 aliphatic carbocycles. The first-order valence-corrected chi connectivity index (χ1v) is 14.6. The van der Waals surface area contributed by atoms with Crippen molar-refractivity contribution in [1.82, 2.24) is 14.2 Å². The van der Waals surface area contributed by atoms with Crippen LogP contribution in [0.25, 0.3) is 21.8 Å².